The van der Waals surface area contributed by atoms with Gasteiger partial charge in [-0.25, -0.2) is 0 Å². The van der Waals surface area contributed by atoms with Gasteiger partial charge in [-0.15, -0.1) is 10.2 Å². The highest BCUT2D eigenvalue weighted by Crippen LogP contribution is 2.32. The fraction of sp³-hybridized carbons (Fsp3) is 0.318. The third-order valence-electron chi connectivity index (χ3n) is 4.54. The third kappa shape index (κ3) is 5.61. The lowest BCUT2D eigenvalue weighted by molar-refractivity contribution is -0.384. The molecule has 0 saturated heterocycles. The van der Waals surface area contributed by atoms with Gasteiger partial charge < -0.3 is 9.30 Å². The molecule has 0 aliphatic rings. The van der Waals surface area contributed by atoms with Gasteiger partial charge >= 0.3 is 0 Å². The predicted molar refractivity (Wildman–Crippen MR) is 117 cm³/mol. The summed E-state index contributed by atoms with van der Waals surface area (Å²) in [6.45, 7) is 7.23. The summed E-state index contributed by atoms with van der Waals surface area (Å²) in [5, 5.41) is 29.6. The van der Waals surface area contributed by atoms with Crippen LogP contribution in [0.15, 0.2) is 52.5 Å². The maximum Gasteiger partial charge on any atom is 0.270 e. The lowest BCUT2D eigenvalue weighted by Gasteiger charge is -2.13. The summed E-state index contributed by atoms with van der Waals surface area (Å²) in [5.41, 5.74) is 1.35. The van der Waals surface area contributed by atoms with Crippen LogP contribution in [0.1, 0.15) is 37.7 Å². The molecular weight excluding hydrogens is 414 g/mol. The van der Waals surface area contributed by atoms with Gasteiger partial charge in [0.25, 0.3) is 5.69 Å². The third-order valence-corrected chi connectivity index (χ3v) is 5.60. The lowest BCUT2D eigenvalue weighted by atomic mass is 10.2. The second-order valence-corrected chi connectivity index (χ2v) is 8.35. The average Bonchev–Trinajstić information content (AvgIpc) is 3.13. The molecule has 0 aliphatic heterocycles. The molecule has 3 rings (SSSR count). The van der Waals surface area contributed by atoms with Crippen LogP contribution in [0.3, 0.4) is 0 Å². The van der Waals surface area contributed by atoms with Gasteiger partial charge in [0.05, 0.1) is 10.5 Å². The first-order chi connectivity index (χ1) is 14.9. The summed E-state index contributed by atoms with van der Waals surface area (Å²) in [4.78, 5) is 11.1. The van der Waals surface area contributed by atoms with E-state index in [4.69, 9.17) is 4.74 Å². The van der Waals surface area contributed by atoms with Gasteiger partial charge in [-0.2, -0.15) is 5.26 Å². The number of aromatic nitrogens is 3. The van der Waals surface area contributed by atoms with Crippen LogP contribution >= 0.6 is 11.8 Å². The topological polar surface area (TPSA) is 107 Å². The molecule has 31 heavy (non-hydrogen) atoms. The van der Waals surface area contributed by atoms with Gasteiger partial charge in [-0.3, -0.25) is 10.1 Å². The van der Waals surface area contributed by atoms with Gasteiger partial charge in [0.1, 0.15) is 18.4 Å². The van der Waals surface area contributed by atoms with E-state index < -0.39 is 4.92 Å². The fourth-order valence-electron chi connectivity index (χ4n) is 2.93. The SMILES string of the molecule is CCc1ccc(OCc2nnc(Sc3ccc([N+](=O)[O-])cc3C#N)n2CC(C)C)cc1. The van der Waals surface area contributed by atoms with Gasteiger partial charge in [0, 0.05) is 23.6 Å². The van der Waals surface area contributed by atoms with Crippen LogP contribution in [-0.4, -0.2) is 19.7 Å². The van der Waals surface area contributed by atoms with Crippen molar-refractivity contribution < 1.29 is 9.66 Å². The molecule has 0 N–H and O–H groups in total. The molecule has 8 nitrogen and oxygen atoms in total. The Morgan fingerprint density at radius 3 is 2.58 bits per heavy atom. The number of nitro groups is 1. The maximum absolute atomic E-state index is 11.0. The van der Waals surface area contributed by atoms with Crippen LogP contribution in [0, 0.1) is 27.4 Å². The second-order valence-electron chi connectivity index (χ2n) is 7.34. The van der Waals surface area contributed by atoms with Crippen LogP contribution in [0.2, 0.25) is 0 Å². The highest BCUT2D eigenvalue weighted by Gasteiger charge is 2.18. The van der Waals surface area contributed by atoms with Crippen LogP contribution < -0.4 is 4.74 Å². The molecular formula is C22H23N5O3S. The molecule has 0 saturated carbocycles. The van der Waals surface area contributed by atoms with Crippen molar-refractivity contribution in [3.05, 3.63) is 69.5 Å². The first-order valence-electron chi connectivity index (χ1n) is 9.91. The Morgan fingerprint density at radius 1 is 1.23 bits per heavy atom. The van der Waals surface area contributed by atoms with Crippen molar-refractivity contribution in [3.63, 3.8) is 0 Å². The largest absolute Gasteiger partial charge is 0.486 e. The van der Waals surface area contributed by atoms with E-state index in [0.29, 0.717) is 28.3 Å². The van der Waals surface area contributed by atoms with Crippen LogP contribution in [0.5, 0.6) is 5.75 Å². The first-order valence-corrected chi connectivity index (χ1v) is 10.7. The number of hydrogen-bond acceptors (Lipinski definition) is 7. The van der Waals surface area contributed by atoms with E-state index in [0.717, 1.165) is 12.2 Å². The van der Waals surface area contributed by atoms with E-state index in [2.05, 4.69) is 31.0 Å². The minimum Gasteiger partial charge on any atom is -0.486 e. The highest BCUT2D eigenvalue weighted by molar-refractivity contribution is 7.99. The first kappa shape index (κ1) is 22.3. The van der Waals surface area contributed by atoms with Crippen molar-refractivity contribution in [2.24, 2.45) is 5.92 Å². The average molecular weight is 438 g/mol. The number of ether oxygens (including phenoxy) is 1. The Morgan fingerprint density at radius 2 is 1.97 bits per heavy atom. The number of nitro benzene ring substituents is 1. The number of hydrogen-bond donors (Lipinski definition) is 0. The molecule has 0 amide bonds. The number of non-ortho nitro benzene ring substituents is 1. The van der Waals surface area contributed by atoms with Gasteiger partial charge in [-0.1, -0.05) is 32.9 Å². The Balaban J connectivity index is 1.83. The Kier molecular flexibility index (Phi) is 7.26. The van der Waals surface area contributed by atoms with E-state index >= 15 is 0 Å². The minimum absolute atomic E-state index is 0.118. The van der Waals surface area contributed by atoms with Crippen molar-refractivity contribution >= 4 is 17.4 Å². The molecule has 160 valence electrons. The summed E-state index contributed by atoms with van der Waals surface area (Å²) in [5.74, 6) is 1.77. The van der Waals surface area contributed by atoms with E-state index in [9.17, 15) is 15.4 Å². The van der Waals surface area contributed by atoms with Crippen molar-refractivity contribution in [1.29, 1.82) is 5.26 Å². The maximum atomic E-state index is 11.0. The zero-order chi connectivity index (χ0) is 22.4. The fourth-order valence-corrected chi connectivity index (χ4v) is 3.84. The Bertz CT molecular complexity index is 1100. The molecule has 1 heterocycles. The summed E-state index contributed by atoms with van der Waals surface area (Å²) in [6, 6.07) is 14.2. The zero-order valence-electron chi connectivity index (χ0n) is 17.6. The number of rotatable bonds is 9. The molecule has 0 aliphatic carbocycles. The van der Waals surface area contributed by atoms with Crippen molar-refractivity contribution in [1.82, 2.24) is 14.8 Å². The van der Waals surface area contributed by atoms with Gasteiger partial charge in [0.2, 0.25) is 0 Å². The number of nitriles is 1. The molecule has 0 radical (unpaired) electrons. The van der Waals surface area contributed by atoms with Crippen molar-refractivity contribution in [3.8, 4) is 11.8 Å². The predicted octanol–water partition coefficient (Wildman–Crippen LogP) is 5.01. The van der Waals surface area contributed by atoms with Crippen molar-refractivity contribution in [2.75, 3.05) is 0 Å². The molecule has 1 aromatic heterocycles. The van der Waals surface area contributed by atoms with Crippen molar-refractivity contribution in [2.45, 2.75) is 50.4 Å². The minimum atomic E-state index is -0.515. The van der Waals surface area contributed by atoms with E-state index in [1.54, 1.807) is 6.07 Å². The normalized spacial score (nSPS) is 10.8. The van der Waals surface area contributed by atoms with E-state index in [-0.39, 0.29) is 17.9 Å². The number of aryl methyl sites for hydroxylation is 1. The molecule has 0 fully saturated rings. The summed E-state index contributed by atoms with van der Waals surface area (Å²) < 4.78 is 7.87. The molecule has 0 bridgehead atoms. The van der Waals surface area contributed by atoms with Crippen LogP contribution in [0.25, 0.3) is 0 Å². The van der Waals surface area contributed by atoms with Gasteiger partial charge in [0.15, 0.2) is 11.0 Å². The number of benzene rings is 2. The quantitative estimate of drug-likeness (QED) is 0.342. The highest BCUT2D eigenvalue weighted by atomic mass is 32.2. The molecule has 9 heteroatoms. The second kappa shape index (κ2) is 10.1. The summed E-state index contributed by atoms with van der Waals surface area (Å²) in [6.07, 6.45) is 0.969. The molecule has 0 atom stereocenters. The van der Waals surface area contributed by atoms with Crippen LogP contribution in [-0.2, 0) is 19.6 Å². The van der Waals surface area contributed by atoms with E-state index in [1.165, 1.54) is 29.5 Å². The monoisotopic (exact) mass is 437 g/mol. The smallest absolute Gasteiger partial charge is 0.270 e. The zero-order valence-corrected chi connectivity index (χ0v) is 18.4. The molecule has 0 spiro atoms. The van der Waals surface area contributed by atoms with Crippen LogP contribution in [0.4, 0.5) is 5.69 Å². The standard InChI is InChI=1S/C22H23N5O3S/c1-4-16-5-8-19(9-6-16)30-14-21-24-25-22(26(21)13-15(2)3)31-20-10-7-18(27(28)29)11-17(20)12-23/h5-11,15H,4,13-14H2,1-3H3. The number of nitrogens with zero attached hydrogens (tertiary/aromatic N) is 5. The molecule has 3 aromatic rings. The Hall–Kier alpha value is -3.38. The summed E-state index contributed by atoms with van der Waals surface area (Å²) in [7, 11) is 0. The Labute approximate surface area is 185 Å². The molecule has 0 unspecified atom stereocenters. The molecule has 2 aromatic carbocycles. The van der Waals surface area contributed by atoms with Gasteiger partial charge in [-0.05, 0) is 47.9 Å². The van der Waals surface area contributed by atoms with E-state index in [1.807, 2.05) is 34.9 Å². The lowest BCUT2D eigenvalue weighted by Crippen LogP contribution is -2.12. The summed E-state index contributed by atoms with van der Waals surface area (Å²) >= 11 is 1.26.